The Labute approximate surface area is 102 Å². The van der Waals surface area contributed by atoms with Crippen LogP contribution < -0.4 is 0 Å². The minimum Gasteiger partial charge on any atom is -0.469 e. The van der Waals surface area contributed by atoms with Crippen molar-refractivity contribution in [1.29, 1.82) is 0 Å². The third-order valence-corrected chi connectivity index (χ3v) is 3.37. The summed E-state index contributed by atoms with van der Waals surface area (Å²) in [6.07, 6.45) is 1.64. The Balaban J connectivity index is 2.76. The number of alkyl halides is 3. The van der Waals surface area contributed by atoms with Crippen LogP contribution in [0.4, 0.5) is 13.2 Å². The maximum atomic E-state index is 12.1. The summed E-state index contributed by atoms with van der Waals surface area (Å²) in [6.45, 7) is 0. The van der Waals surface area contributed by atoms with Crippen LogP contribution in [0.1, 0.15) is 19.3 Å². The Hall–Kier alpha value is -1.25. The van der Waals surface area contributed by atoms with Crippen LogP contribution in [-0.4, -0.2) is 27.0 Å². The minimum atomic E-state index is -5.67. The first-order valence-corrected chi connectivity index (χ1v) is 6.36. The molecule has 0 N–H and O–H groups in total. The molecule has 0 radical (unpaired) electrons. The third kappa shape index (κ3) is 3.37. The van der Waals surface area contributed by atoms with Gasteiger partial charge in [-0.15, -0.1) is 0 Å². The second-order valence-corrected chi connectivity index (χ2v) is 5.19. The van der Waals surface area contributed by atoms with E-state index in [1.165, 1.54) is 6.08 Å². The lowest BCUT2D eigenvalue weighted by Crippen LogP contribution is -2.27. The number of hydrogen-bond acceptors (Lipinski definition) is 5. The van der Waals surface area contributed by atoms with Crippen LogP contribution in [0, 0.1) is 5.92 Å². The molecule has 0 bridgehead atoms. The van der Waals surface area contributed by atoms with Gasteiger partial charge in [0.15, 0.2) is 0 Å². The van der Waals surface area contributed by atoms with Crippen LogP contribution in [0.3, 0.4) is 0 Å². The van der Waals surface area contributed by atoms with Crippen molar-refractivity contribution in [3.8, 4) is 0 Å². The van der Waals surface area contributed by atoms with E-state index in [-0.39, 0.29) is 18.6 Å². The molecule has 0 heterocycles. The first kappa shape index (κ1) is 14.8. The summed E-state index contributed by atoms with van der Waals surface area (Å²) in [5.74, 6) is -1.67. The van der Waals surface area contributed by atoms with Crippen molar-refractivity contribution in [3.05, 3.63) is 11.8 Å². The number of esters is 1. The monoisotopic (exact) mass is 288 g/mol. The topological polar surface area (TPSA) is 69.7 Å². The standard InChI is InChI=1S/C9H11F3O5S/c1-16-8(13)6-3-2-4-7(5-6)17-18(14,15)9(10,11)12/h4,6H,2-3,5H2,1H3/t6-/m1/s1. The quantitative estimate of drug-likeness (QED) is 0.449. The molecule has 1 aliphatic carbocycles. The van der Waals surface area contributed by atoms with E-state index >= 15 is 0 Å². The highest BCUT2D eigenvalue weighted by Crippen LogP contribution is 2.31. The number of ether oxygens (including phenoxy) is 1. The molecule has 9 heteroatoms. The van der Waals surface area contributed by atoms with E-state index in [9.17, 15) is 26.4 Å². The van der Waals surface area contributed by atoms with Gasteiger partial charge in [0.25, 0.3) is 0 Å². The van der Waals surface area contributed by atoms with E-state index in [0.29, 0.717) is 6.42 Å². The van der Waals surface area contributed by atoms with Crippen molar-refractivity contribution in [3.63, 3.8) is 0 Å². The van der Waals surface area contributed by atoms with E-state index in [1.54, 1.807) is 0 Å². The molecule has 0 aliphatic heterocycles. The van der Waals surface area contributed by atoms with Gasteiger partial charge in [-0.25, -0.2) is 0 Å². The maximum Gasteiger partial charge on any atom is 0.534 e. The molecule has 0 aromatic carbocycles. The predicted molar refractivity (Wildman–Crippen MR) is 53.5 cm³/mol. The van der Waals surface area contributed by atoms with Gasteiger partial charge in [-0.3, -0.25) is 4.79 Å². The van der Waals surface area contributed by atoms with Gasteiger partial charge >= 0.3 is 21.6 Å². The van der Waals surface area contributed by atoms with Crippen molar-refractivity contribution in [2.24, 2.45) is 5.92 Å². The van der Waals surface area contributed by atoms with E-state index in [1.807, 2.05) is 0 Å². The molecule has 0 unspecified atom stereocenters. The van der Waals surface area contributed by atoms with Crippen molar-refractivity contribution < 1.29 is 35.3 Å². The van der Waals surface area contributed by atoms with Crippen LogP contribution in [-0.2, 0) is 23.8 Å². The number of allylic oxidation sites excluding steroid dienone is 2. The lowest BCUT2D eigenvalue weighted by Gasteiger charge is -2.20. The molecule has 1 aliphatic rings. The normalized spacial score (nSPS) is 21.1. The van der Waals surface area contributed by atoms with E-state index in [4.69, 9.17) is 0 Å². The number of methoxy groups -OCH3 is 1. The molecule has 0 aromatic rings. The largest absolute Gasteiger partial charge is 0.534 e. The molecule has 0 saturated carbocycles. The smallest absolute Gasteiger partial charge is 0.469 e. The molecule has 18 heavy (non-hydrogen) atoms. The fourth-order valence-electron chi connectivity index (χ4n) is 1.50. The Morgan fingerprint density at radius 3 is 2.56 bits per heavy atom. The van der Waals surface area contributed by atoms with Gasteiger partial charge in [-0.1, -0.05) is 0 Å². The average molecular weight is 288 g/mol. The lowest BCUT2D eigenvalue weighted by molar-refractivity contribution is -0.146. The molecule has 0 amide bonds. The van der Waals surface area contributed by atoms with E-state index in [2.05, 4.69) is 8.92 Å². The molecule has 0 aromatic heterocycles. The second-order valence-electron chi connectivity index (χ2n) is 3.66. The minimum absolute atomic E-state index is 0.220. The molecule has 5 nitrogen and oxygen atoms in total. The zero-order valence-corrected chi connectivity index (χ0v) is 10.2. The average Bonchev–Trinajstić information content (AvgIpc) is 2.26. The highest BCUT2D eigenvalue weighted by molar-refractivity contribution is 7.87. The number of halogens is 3. The van der Waals surface area contributed by atoms with Crippen LogP contribution >= 0.6 is 0 Å². The van der Waals surface area contributed by atoms with Crippen LogP contribution in [0.25, 0.3) is 0 Å². The van der Waals surface area contributed by atoms with Crippen molar-refractivity contribution in [2.45, 2.75) is 24.8 Å². The van der Waals surface area contributed by atoms with Crippen molar-refractivity contribution in [2.75, 3.05) is 7.11 Å². The van der Waals surface area contributed by atoms with Gasteiger partial charge in [0.2, 0.25) is 0 Å². The molecule has 0 saturated heterocycles. The van der Waals surface area contributed by atoms with Crippen LogP contribution in [0.2, 0.25) is 0 Å². The summed E-state index contributed by atoms with van der Waals surface area (Å²) >= 11 is 0. The summed E-state index contributed by atoms with van der Waals surface area (Å²) in [5.41, 5.74) is -5.48. The fraction of sp³-hybridized carbons (Fsp3) is 0.667. The third-order valence-electron chi connectivity index (χ3n) is 2.37. The molecule has 104 valence electrons. The molecular weight excluding hydrogens is 277 g/mol. The molecule has 0 fully saturated rings. The maximum absolute atomic E-state index is 12.1. The van der Waals surface area contributed by atoms with Gasteiger partial charge in [0, 0.05) is 6.42 Å². The van der Waals surface area contributed by atoms with Gasteiger partial charge < -0.3 is 8.92 Å². The van der Waals surface area contributed by atoms with Crippen molar-refractivity contribution in [1.82, 2.24) is 0 Å². The fourth-order valence-corrected chi connectivity index (χ4v) is 2.01. The number of rotatable bonds is 3. The Kier molecular flexibility index (Phi) is 4.25. The van der Waals surface area contributed by atoms with E-state index < -0.39 is 27.5 Å². The van der Waals surface area contributed by atoms with E-state index in [0.717, 1.165) is 7.11 Å². The lowest BCUT2D eigenvalue weighted by atomic mass is 9.93. The zero-order chi connectivity index (χ0) is 14.0. The predicted octanol–water partition coefficient (Wildman–Crippen LogP) is 1.71. The summed E-state index contributed by atoms with van der Waals surface area (Å²) in [4.78, 5) is 11.2. The summed E-state index contributed by atoms with van der Waals surface area (Å²) < 4.78 is 66.2. The van der Waals surface area contributed by atoms with Crippen LogP contribution in [0.5, 0.6) is 0 Å². The Morgan fingerprint density at radius 1 is 1.44 bits per heavy atom. The zero-order valence-electron chi connectivity index (χ0n) is 9.36. The highest BCUT2D eigenvalue weighted by Gasteiger charge is 2.49. The Morgan fingerprint density at radius 2 is 2.06 bits per heavy atom. The number of carbonyl (C=O) groups is 1. The number of carbonyl (C=O) groups excluding carboxylic acids is 1. The Bertz CT molecular complexity index is 451. The second kappa shape index (κ2) is 5.17. The summed E-state index contributed by atoms with van der Waals surface area (Å²) in [5, 5.41) is 0. The molecule has 1 atom stereocenters. The van der Waals surface area contributed by atoms with Gasteiger partial charge in [0.1, 0.15) is 5.76 Å². The highest BCUT2D eigenvalue weighted by atomic mass is 32.2. The van der Waals surface area contributed by atoms with Gasteiger partial charge in [-0.2, -0.15) is 21.6 Å². The van der Waals surface area contributed by atoms with Crippen LogP contribution in [0.15, 0.2) is 11.8 Å². The molecular formula is C9H11F3O5S. The van der Waals surface area contributed by atoms with Gasteiger partial charge in [0.05, 0.1) is 13.0 Å². The molecule has 0 spiro atoms. The first-order valence-electron chi connectivity index (χ1n) is 4.95. The summed E-state index contributed by atoms with van der Waals surface area (Å²) in [6, 6.07) is 0. The molecule has 1 rings (SSSR count). The van der Waals surface area contributed by atoms with Gasteiger partial charge in [-0.05, 0) is 18.9 Å². The van der Waals surface area contributed by atoms with Crippen molar-refractivity contribution >= 4 is 16.1 Å². The summed E-state index contributed by atoms with van der Waals surface area (Å²) in [7, 11) is -4.53. The number of hydrogen-bond donors (Lipinski definition) is 0. The SMILES string of the molecule is COC(=O)[C@@H]1CCC=C(OS(=O)(=O)C(F)(F)F)C1. The first-order chi connectivity index (χ1) is 8.17.